The van der Waals surface area contributed by atoms with Gasteiger partial charge in [0.25, 0.3) is 0 Å². The summed E-state index contributed by atoms with van der Waals surface area (Å²) in [7, 11) is 0. The molecule has 1 fully saturated rings. The molecule has 2 N–H and O–H groups in total. The molecule has 7 heteroatoms. The number of aromatic nitrogens is 1. The lowest BCUT2D eigenvalue weighted by molar-refractivity contribution is -0.384. The Bertz CT molecular complexity index is 527. The fourth-order valence-electron chi connectivity index (χ4n) is 1.70. The van der Waals surface area contributed by atoms with Crippen molar-refractivity contribution in [3.05, 3.63) is 27.9 Å². The van der Waals surface area contributed by atoms with E-state index >= 15 is 0 Å². The molecule has 1 heterocycles. The van der Waals surface area contributed by atoms with Crippen LogP contribution in [0.4, 0.5) is 11.5 Å². The van der Waals surface area contributed by atoms with Crippen molar-refractivity contribution in [1.29, 1.82) is 0 Å². The Morgan fingerprint density at radius 3 is 2.67 bits per heavy atom. The predicted octanol–water partition coefficient (Wildman–Crippen LogP) is 1.90. The molecule has 0 saturated heterocycles. The lowest BCUT2D eigenvalue weighted by Crippen LogP contribution is -2.13. The van der Waals surface area contributed by atoms with E-state index in [1.807, 2.05) is 13.8 Å². The van der Waals surface area contributed by atoms with E-state index in [0.29, 0.717) is 0 Å². The van der Waals surface area contributed by atoms with Gasteiger partial charge in [0, 0.05) is 12.1 Å². The number of carboxylic acids is 1. The fourth-order valence-corrected chi connectivity index (χ4v) is 1.70. The van der Waals surface area contributed by atoms with Crippen LogP contribution in [0.25, 0.3) is 0 Å². The van der Waals surface area contributed by atoms with E-state index in [1.54, 1.807) is 0 Å². The van der Waals surface area contributed by atoms with Crippen molar-refractivity contribution in [1.82, 2.24) is 4.98 Å². The molecule has 1 atom stereocenters. The third-order valence-electron chi connectivity index (χ3n) is 3.11. The summed E-state index contributed by atoms with van der Waals surface area (Å²) < 4.78 is 0. The van der Waals surface area contributed by atoms with Crippen LogP contribution in [0.15, 0.2) is 12.1 Å². The molecule has 1 aromatic rings. The van der Waals surface area contributed by atoms with Gasteiger partial charge in [-0.05, 0) is 17.9 Å². The van der Waals surface area contributed by atoms with Crippen molar-refractivity contribution in [2.75, 3.05) is 5.32 Å². The monoisotopic (exact) mass is 251 g/mol. The predicted molar refractivity (Wildman–Crippen MR) is 63.7 cm³/mol. The molecule has 1 aliphatic rings. The molecule has 0 spiro atoms. The number of nitro groups is 1. The van der Waals surface area contributed by atoms with Gasteiger partial charge in [-0.2, -0.15) is 0 Å². The standard InChI is InChI=1S/C11H13N3O4/c1-11(2)5-8(11)13-9-7(14(17)18)4-3-6(12-9)10(15)16/h3-4,8H,5H2,1-2H3,(H,12,13)(H,15,16). The average Bonchev–Trinajstić information content (AvgIpc) is 2.85. The smallest absolute Gasteiger partial charge is 0.354 e. The third kappa shape index (κ3) is 2.24. The molecule has 1 aromatic heterocycles. The molecule has 96 valence electrons. The van der Waals surface area contributed by atoms with Crippen LogP contribution in [0.2, 0.25) is 0 Å². The second kappa shape index (κ2) is 3.94. The zero-order valence-corrected chi connectivity index (χ0v) is 10.0. The summed E-state index contributed by atoms with van der Waals surface area (Å²) in [5.41, 5.74) is -0.348. The number of carbonyl (C=O) groups is 1. The molecular weight excluding hydrogens is 238 g/mol. The largest absolute Gasteiger partial charge is 0.477 e. The molecule has 7 nitrogen and oxygen atoms in total. The molecule has 18 heavy (non-hydrogen) atoms. The van der Waals surface area contributed by atoms with Gasteiger partial charge in [0.2, 0.25) is 5.82 Å². The summed E-state index contributed by atoms with van der Waals surface area (Å²) in [6, 6.07) is 2.38. The maximum absolute atomic E-state index is 10.8. The van der Waals surface area contributed by atoms with E-state index in [9.17, 15) is 14.9 Å². The van der Waals surface area contributed by atoms with E-state index < -0.39 is 10.9 Å². The first-order valence-corrected chi connectivity index (χ1v) is 5.46. The first-order chi connectivity index (χ1) is 8.31. The van der Waals surface area contributed by atoms with Crippen molar-refractivity contribution in [2.24, 2.45) is 5.41 Å². The minimum Gasteiger partial charge on any atom is -0.477 e. The van der Waals surface area contributed by atoms with Crippen molar-refractivity contribution in [3.63, 3.8) is 0 Å². The van der Waals surface area contributed by atoms with E-state index in [1.165, 1.54) is 0 Å². The number of nitrogens with one attached hydrogen (secondary N) is 1. The van der Waals surface area contributed by atoms with Crippen LogP contribution in [-0.2, 0) is 0 Å². The number of hydrogen-bond acceptors (Lipinski definition) is 5. The topological polar surface area (TPSA) is 105 Å². The Morgan fingerprint density at radius 2 is 2.22 bits per heavy atom. The molecule has 0 radical (unpaired) electrons. The van der Waals surface area contributed by atoms with Crippen LogP contribution >= 0.6 is 0 Å². The quantitative estimate of drug-likeness (QED) is 0.625. The summed E-state index contributed by atoms with van der Waals surface area (Å²) >= 11 is 0. The van der Waals surface area contributed by atoms with Crippen LogP contribution < -0.4 is 5.32 Å². The van der Waals surface area contributed by atoms with Crippen LogP contribution in [0.1, 0.15) is 30.8 Å². The number of pyridine rings is 1. The van der Waals surface area contributed by atoms with Gasteiger partial charge in [0.15, 0.2) is 5.69 Å². The van der Waals surface area contributed by atoms with Gasteiger partial charge >= 0.3 is 11.7 Å². The zero-order chi connectivity index (χ0) is 13.5. The number of aromatic carboxylic acids is 1. The number of nitrogens with zero attached hydrogens (tertiary/aromatic N) is 2. The van der Waals surface area contributed by atoms with E-state index in [4.69, 9.17) is 5.11 Å². The normalized spacial score (nSPS) is 20.2. The van der Waals surface area contributed by atoms with E-state index in [2.05, 4.69) is 10.3 Å². The van der Waals surface area contributed by atoms with Gasteiger partial charge in [-0.25, -0.2) is 9.78 Å². The highest BCUT2D eigenvalue weighted by atomic mass is 16.6. The van der Waals surface area contributed by atoms with E-state index in [0.717, 1.165) is 18.6 Å². The summed E-state index contributed by atoms with van der Waals surface area (Å²) in [5, 5.41) is 22.6. The summed E-state index contributed by atoms with van der Waals surface area (Å²) in [5.74, 6) is -1.18. The lowest BCUT2D eigenvalue weighted by atomic mass is 10.2. The van der Waals surface area contributed by atoms with Crippen LogP contribution in [-0.4, -0.2) is 27.0 Å². The second-order valence-corrected chi connectivity index (χ2v) is 5.02. The molecule has 1 saturated carbocycles. The highest BCUT2D eigenvalue weighted by molar-refractivity contribution is 5.86. The highest BCUT2D eigenvalue weighted by Gasteiger charge is 2.46. The maximum Gasteiger partial charge on any atom is 0.354 e. The minimum absolute atomic E-state index is 0.0236. The molecule has 0 aromatic carbocycles. The van der Waals surface area contributed by atoms with Gasteiger partial charge in [-0.1, -0.05) is 13.8 Å². The van der Waals surface area contributed by atoms with Crippen LogP contribution in [0.3, 0.4) is 0 Å². The van der Waals surface area contributed by atoms with Crippen LogP contribution in [0, 0.1) is 15.5 Å². The number of anilines is 1. The molecular formula is C11H13N3O4. The molecule has 0 amide bonds. The summed E-state index contributed by atoms with van der Waals surface area (Å²) in [4.78, 5) is 24.9. The zero-order valence-electron chi connectivity index (χ0n) is 10.0. The number of carboxylic acid groups (broad SMARTS) is 1. The van der Waals surface area contributed by atoms with Gasteiger partial charge < -0.3 is 10.4 Å². The van der Waals surface area contributed by atoms with Gasteiger partial charge in [-0.15, -0.1) is 0 Å². The first kappa shape index (κ1) is 12.3. The van der Waals surface area contributed by atoms with Crippen molar-refractivity contribution >= 4 is 17.5 Å². The number of hydrogen-bond donors (Lipinski definition) is 2. The summed E-state index contributed by atoms with van der Waals surface area (Å²) in [6.07, 6.45) is 0.878. The Labute approximate surface area is 103 Å². The van der Waals surface area contributed by atoms with E-state index in [-0.39, 0.29) is 28.7 Å². The van der Waals surface area contributed by atoms with Crippen molar-refractivity contribution in [3.8, 4) is 0 Å². The first-order valence-electron chi connectivity index (χ1n) is 5.46. The second-order valence-electron chi connectivity index (χ2n) is 5.02. The average molecular weight is 251 g/mol. The van der Waals surface area contributed by atoms with Crippen molar-refractivity contribution < 1.29 is 14.8 Å². The Hall–Kier alpha value is -2.18. The minimum atomic E-state index is -1.21. The Kier molecular flexibility index (Phi) is 2.68. The Balaban J connectivity index is 2.32. The molecule has 1 aliphatic carbocycles. The highest BCUT2D eigenvalue weighted by Crippen LogP contribution is 2.47. The Morgan fingerprint density at radius 1 is 1.61 bits per heavy atom. The summed E-state index contributed by atoms with van der Waals surface area (Å²) in [6.45, 7) is 4.05. The molecule has 0 aliphatic heterocycles. The molecule has 1 unspecified atom stereocenters. The lowest BCUT2D eigenvalue weighted by Gasteiger charge is -2.08. The van der Waals surface area contributed by atoms with Crippen molar-refractivity contribution in [2.45, 2.75) is 26.3 Å². The molecule has 2 rings (SSSR count). The van der Waals surface area contributed by atoms with Crippen LogP contribution in [0.5, 0.6) is 0 Å². The number of rotatable bonds is 4. The van der Waals surface area contributed by atoms with Gasteiger partial charge in [0.05, 0.1) is 4.92 Å². The molecule has 0 bridgehead atoms. The maximum atomic E-state index is 10.8. The fraction of sp³-hybridized carbons (Fsp3) is 0.455. The van der Waals surface area contributed by atoms with Gasteiger partial charge in [-0.3, -0.25) is 10.1 Å². The third-order valence-corrected chi connectivity index (χ3v) is 3.11. The van der Waals surface area contributed by atoms with Gasteiger partial charge in [0.1, 0.15) is 0 Å². The SMILES string of the molecule is CC1(C)CC1Nc1nc(C(=O)O)ccc1[N+](=O)[O-].